The van der Waals surface area contributed by atoms with Crippen LogP contribution in [0.1, 0.15) is 12.5 Å². The molecule has 3 aromatic rings. The molecular formula is C18H18ClIN4O3S. The van der Waals surface area contributed by atoms with Gasteiger partial charge in [-0.3, -0.25) is 0 Å². The van der Waals surface area contributed by atoms with Crippen LogP contribution >= 0.6 is 34.2 Å². The average Bonchev–Trinajstić information content (AvgIpc) is 2.99. The first kappa shape index (κ1) is 19.9. The topological polar surface area (TPSA) is 77.3 Å². The maximum atomic E-state index is 13.4. The van der Waals surface area contributed by atoms with Crippen molar-refractivity contribution in [2.75, 3.05) is 24.7 Å². The van der Waals surface area contributed by atoms with Crippen molar-refractivity contribution in [3.63, 3.8) is 0 Å². The lowest BCUT2D eigenvalue weighted by molar-refractivity contribution is 0.0986. The quantitative estimate of drug-likeness (QED) is 0.380. The van der Waals surface area contributed by atoms with E-state index in [2.05, 4.69) is 32.6 Å². The van der Waals surface area contributed by atoms with Crippen molar-refractivity contribution in [2.45, 2.75) is 24.8 Å². The van der Waals surface area contributed by atoms with Crippen LogP contribution in [0.2, 0.25) is 5.28 Å². The van der Waals surface area contributed by atoms with Gasteiger partial charge in [0.1, 0.15) is 11.0 Å². The number of benzene rings is 1. The summed E-state index contributed by atoms with van der Waals surface area (Å²) in [5.74, 6) is 0.504. The van der Waals surface area contributed by atoms with Crippen LogP contribution in [0.15, 0.2) is 35.4 Å². The summed E-state index contributed by atoms with van der Waals surface area (Å²) in [7, 11) is -3.82. The molecule has 0 spiro atoms. The van der Waals surface area contributed by atoms with Crippen LogP contribution < -0.4 is 4.90 Å². The van der Waals surface area contributed by atoms with Crippen LogP contribution in [0.5, 0.6) is 0 Å². The number of aryl methyl sites for hydroxylation is 1. The third-order valence-electron chi connectivity index (χ3n) is 4.73. The number of morpholine rings is 1. The number of rotatable bonds is 3. The summed E-state index contributed by atoms with van der Waals surface area (Å²) in [5.41, 5.74) is 1.94. The number of aromatic nitrogens is 3. The predicted molar refractivity (Wildman–Crippen MR) is 117 cm³/mol. The zero-order valence-corrected chi connectivity index (χ0v) is 19.0. The van der Waals surface area contributed by atoms with Gasteiger partial charge in [-0.15, -0.1) is 0 Å². The van der Waals surface area contributed by atoms with E-state index in [0.29, 0.717) is 40.2 Å². The van der Waals surface area contributed by atoms with Crippen molar-refractivity contribution in [3.8, 4) is 0 Å². The Morgan fingerprint density at radius 3 is 2.64 bits per heavy atom. The molecule has 0 saturated carbocycles. The lowest BCUT2D eigenvalue weighted by Crippen LogP contribution is -2.44. The van der Waals surface area contributed by atoms with Crippen LogP contribution in [0.25, 0.3) is 11.0 Å². The number of nitrogens with zero attached hydrogens (tertiary/aromatic N) is 4. The number of ether oxygens (including phenoxy) is 1. The number of halogens is 2. The van der Waals surface area contributed by atoms with Gasteiger partial charge in [-0.25, -0.2) is 17.4 Å². The SMILES string of the molecule is Cc1ccc(S(=O)(=O)n2cc(I)c3nc(Cl)nc(N4CCOCC4C)c32)cc1. The number of hydrogen-bond donors (Lipinski definition) is 0. The highest BCUT2D eigenvalue weighted by Crippen LogP contribution is 2.34. The van der Waals surface area contributed by atoms with Crippen molar-refractivity contribution >= 4 is 61.1 Å². The molecule has 4 rings (SSSR count). The average molecular weight is 533 g/mol. The zero-order chi connectivity index (χ0) is 20.1. The molecule has 0 aliphatic carbocycles. The number of hydrogen-bond acceptors (Lipinski definition) is 6. The van der Waals surface area contributed by atoms with Gasteiger partial charge in [-0.05, 0) is 60.2 Å². The van der Waals surface area contributed by atoms with Gasteiger partial charge in [0.25, 0.3) is 10.0 Å². The molecule has 1 atom stereocenters. The van der Waals surface area contributed by atoms with Crippen molar-refractivity contribution in [3.05, 3.63) is 44.9 Å². The van der Waals surface area contributed by atoms with E-state index in [1.54, 1.807) is 30.5 Å². The lowest BCUT2D eigenvalue weighted by atomic mass is 10.2. The molecule has 0 bridgehead atoms. The monoisotopic (exact) mass is 532 g/mol. The summed E-state index contributed by atoms with van der Waals surface area (Å²) >= 11 is 8.25. The van der Waals surface area contributed by atoms with E-state index in [9.17, 15) is 8.42 Å². The Morgan fingerprint density at radius 2 is 1.96 bits per heavy atom. The van der Waals surface area contributed by atoms with Crippen LogP contribution in [0.3, 0.4) is 0 Å². The molecule has 10 heteroatoms. The first-order valence-corrected chi connectivity index (χ1v) is 11.6. The second-order valence-corrected chi connectivity index (χ2v) is 10.0. The molecule has 1 saturated heterocycles. The minimum atomic E-state index is -3.82. The summed E-state index contributed by atoms with van der Waals surface area (Å²) in [4.78, 5) is 10.9. The molecule has 1 aliphatic heterocycles. The summed E-state index contributed by atoms with van der Waals surface area (Å²) in [6.07, 6.45) is 1.57. The van der Waals surface area contributed by atoms with E-state index in [-0.39, 0.29) is 16.2 Å². The summed E-state index contributed by atoms with van der Waals surface area (Å²) < 4.78 is 34.3. The van der Waals surface area contributed by atoms with Gasteiger partial charge in [0.2, 0.25) is 5.28 Å². The highest BCUT2D eigenvalue weighted by molar-refractivity contribution is 14.1. The zero-order valence-electron chi connectivity index (χ0n) is 15.3. The molecule has 1 aromatic carbocycles. The number of anilines is 1. The maximum Gasteiger partial charge on any atom is 0.268 e. The normalized spacial score (nSPS) is 18.0. The van der Waals surface area contributed by atoms with Gasteiger partial charge in [-0.2, -0.15) is 4.98 Å². The molecule has 148 valence electrons. The Kier molecular flexibility index (Phi) is 5.27. The van der Waals surface area contributed by atoms with Gasteiger partial charge in [0.05, 0.1) is 27.7 Å². The third kappa shape index (κ3) is 3.38. The first-order valence-electron chi connectivity index (χ1n) is 8.70. The molecule has 2 aromatic heterocycles. The summed E-state index contributed by atoms with van der Waals surface area (Å²) in [5, 5.41) is 0.0876. The fourth-order valence-electron chi connectivity index (χ4n) is 3.27. The Balaban J connectivity index is 1.98. The Hall–Kier alpha value is -1.43. The van der Waals surface area contributed by atoms with Crippen LogP contribution in [0.4, 0.5) is 5.82 Å². The molecule has 0 amide bonds. The fraction of sp³-hybridized carbons (Fsp3) is 0.333. The lowest BCUT2D eigenvalue weighted by Gasteiger charge is -2.34. The smallest absolute Gasteiger partial charge is 0.268 e. The largest absolute Gasteiger partial charge is 0.377 e. The molecule has 1 unspecified atom stereocenters. The van der Waals surface area contributed by atoms with Crippen molar-refractivity contribution in [2.24, 2.45) is 0 Å². The van der Waals surface area contributed by atoms with Gasteiger partial charge in [0.15, 0.2) is 5.82 Å². The van der Waals surface area contributed by atoms with Crippen LogP contribution in [-0.2, 0) is 14.8 Å². The molecular weight excluding hydrogens is 515 g/mol. The summed E-state index contributed by atoms with van der Waals surface area (Å²) in [6, 6.07) is 6.81. The van der Waals surface area contributed by atoms with Gasteiger partial charge in [0, 0.05) is 12.7 Å². The third-order valence-corrected chi connectivity index (χ3v) is 7.37. The van der Waals surface area contributed by atoms with E-state index in [0.717, 1.165) is 5.56 Å². The Bertz CT molecular complexity index is 1150. The minimum absolute atomic E-state index is 0.0333. The predicted octanol–water partition coefficient (Wildman–Crippen LogP) is 3.46. The highest BCUT2D eigenvalue weighted by Gasteiger charge is 2.29. The molecule has 7 nitrogen and oxygen atoms in total. The summed E-state index contributed by atoms with van der Waals surface area (Å²) in [6.45, 7) is 5.59. The molecule has 0 N–H and O–H groups in total. The van der Waals surface area contributed by atoms with Crippen molar-refractivity contribution in [1.82, 2.24) is 13.9 Å². The van der Waals surface area contributed by atoms with Gasteiger partial charge in [-0.1, -0.05) is 17.7 Å². The fourth-order valence-corrected chi connectivity index (χ4v) is 5.64. The second-order valence-electron chi connectivity index (χ2n) is 6.72. The molecule has 1 aliphatic rings. The van der Waals surface area contributed by atoms with E-state index in [1.165, 1.54) is 3.97 Å². The van der Waals surface area contributed by atoms with E-state index < -0.39 is 10.0 Å². The van der Waals surface area contributed by atoms with E-state index in [1.807, 2.05) is 18.7 Å². The Labute approximate surface area is 181 Å². The maximum absolute atomic E-state index is 13.4. The van der Waals surface area contributed by atoms with Crippen molar-refractivity contribution in [1.29, 1.82) is 0 Å². The molecule has 0 radical (unpaired) electrons. The highest BCUT2D eigenvalue weighted by atomic mass is 127. The van der Waals surface area contributed by atoms with E-state index in [4.69, 9.17) is 16.3 Å². The Morgan fingerprint density at radius 1 is 1.25 bits per heavy atom. The van der Waals surface area contributed by atoms with Gasteiger partial charge < -0.3 is 9.64 Å². The first-order chi connectivity index (χ1) is 13.3. The molecule has 3 heterocycles. The second kappa shape index (κ2) is 7.43. The minimum Gasteiger partial charge on any atom is -0.377 e. The molecule has 28 heavy (non-hydrogen) atoms. The van der Waals surface area contributed by atoms with Crippen molar-refractivity contribution < 1.29 is 13.2 Å². The number of fused-ring (bicyclic) bond motifs is 1. The molecule has 1 fully saturated rings. The van der Waals surface area contributed by atoms with E-state index >= 15 is 0 Å². The standard InChI is InChI=1S/C18H18ClIN4O3S/c1-11-3-5-13(6-4-11)28(25,26)24-9-14(20)15-16(24)17(22-18(19)21-15)23-7-8-27-10-12(23)2/h3-6,9,12H,7-8,10H2,1-2H3. The van der Waals surface area contributed by atoms with Crippen LogP contribution in [-0.4, -0.2) is 48.2 Å². The van der Waals surface area contributed by atoms with Gasteiger partial charge >= 0.3 is 0 Å². The van der Waals surface area contributed by atoms with Crippen LogP contribution in [0, 0.1) is 10.5 Å².